The van der Waals surface area contributed by atoms with E-state index < -0.39 is 24.5 Å². The maximum atomic E-state index is 12.7. The molecule has 1 N–H and O–H groups in total. The molecular formula is C12H13F3O2. The highest BCUT2D eigenvalue weighted by atomic mass is 19.4. The summed E-state index contributed by atoms with van der Waals surface area (Å²) in [5.41, 5.74) is -0.700. The molecule has 0 bridgehead atoms. The number of alkyl halides is 3. The van der Waals surface area contributed by atoms with E-state index in [-0.39, 0.29) is 11.3 Å². The van der Waals surface area contributed by atoms with Crippen LogP contribution in [-0.2, 0) is 12.8 Å². The molecule has 0 amide bonds. The summed E-state index contributed by atoms with van der Waals surface area (Å²) in [6.45, 7) is 4.58. The third-order valence-electron chi connectivity index (χ3n) is 2.18. The minimum Gasteiger partial charge on any atom is -0.486 e. The van der Waals surface area contributed by atoms with E-state index >= 15 is 0 Å². The van der Waals surface area contributed by atoms with Crippen molar-refractivity contribution in [2.75, 3.05) is 0 Å². The number of ether oxygens (including phenoxy) is 1. The summed E-state index contributed by atoms with van der Waals surface area (Å²) in [6, 6.07) is 3.47. The van der Waals surface area contributed by atoms with E-state index in [0.717, 1.165) is 6.07 Å². The second-order valence-corrected chi connectivity index (χ2v) is 3.55. The predicted molar refractivity (Wildman–Crippen MR) is 57.7 cm³/mol. The number of benzene rings is 1. The zero-order valence-electron chi connectivity index (χ0n) is 9.29. The van der Waals surface area contributed by atoms with E-state index in [1.165, 1.54) is 18.2 Å². The predicted octanol–water partition coefficient (Wildman–Crippen LogP) is 3.15. The van der Waals surface area contributed by atoms with Crippen LogP contribution < -0.4 is 4.74 Å². The fraction of sp³-hybridized carbons (Fsp3) is 0.333. The number of hydrogen-bond donors (Lipinski definition) is 1. The molecule has 17 heavy (non-hydrogen) atoms. The van der Waals surface area contributed by atoms with Gasteiger partial charge in [0.15, 0.2) is 0 Å². The van der Waals surface area contributed by atoms with Crippen molar-refractivity contribution < 1.29 is 23.0 Å². The topological polar surface area (TPSA) is 29.5 Å². The van der Waals surface area contributed by atoms with Gasteiger partial charge >= 0.3 is 6.18 Å². The molecule has 1 aromatic carbocycles. The van der Waals surface area contributed by atoms with Crippen LogP contribution in [0.2, 0.25) is 0 Å². The first kappa shape index (κ1) is 13.6. The Morgan fingerprint density at radius 3 is 2.59 bits per heavy atom. The van der Waals surface area contributed by atoms with Crippen LogP contribution in [0.5, 0.6) is 5.75 Å². The van der Waals surface area contributed by atoms with Crippen LogP contribution >= 0.6 is 0 Å². The maximum absolute atomic E-state index is 12.7. The van der Waals surface area contributed by atoms with Gasteiger partial charge in [-0.3, -0.25) is 0 Å². The van der Waals surface area contributed by atoms with Gasteiger partial charge in [-0.2, -0.15) is 13.2 Å². The summed E-state index contributed by atoms with van der Waals surface area (Å²) in [7, 11) is 0. The monoisotopic (exact) mass is 246 g/mol. The van der Waals surface area contributed by atoms with Crippen molar-refractivity contribution in [1.82, 2.24) is 0 Å². The van der Waals surface area contributed by atoms with E-state index in [0.29, 0.717) is 0 Å². The number of aliphatic hydroxyl groups is 1. The normalized spacial score (nSPS) is 13.2. The summed E-state index contributed by atoms with van der Waals surface area (Å²) in [5.74, 6) is -0.262. The highest BCUT2D eigenvalue weighted by Crippen LogP contribution is 2.37. The number of rotatable bonds is 4. The van der Waals surface area contributed by atoms with Gasteiger partial charge in [-0.15, -0.1) is 0 Å². The number of hydrogen-bond acceptors (Lipinski definition) is 2. The maximum Gasteiger partial charge on any atom is 0.419 e. The molecule has 0 fully saturated rings. The Kier molecular flexibility index (Phi) is 4.17. The molecule has 1 aromatic rings. The Hall–Kier alpha value is -1.49. The van der Waals surface area contributed by atoms with E-state index in [2.05, 4.69) is 6.58 Å². The second kappa shape index (κ2) is 5.23. The zero-order chi connectivity index (χ0) is 13.1. The third-order valence-corrected chi connectivity index (χ3v) is 2.18. The van der Waals surface area contributed by atoms with Crippen LogP contribution in [-0.4, -0.2) is 11.2 Å². The van der Waals surface area contributed by atoms with E-state index in [1.54, 1.807) is 6.92 Å². The van der Waals surface area contributed by atoms with Crippen molar-refractivity contribution in [2.24, 2.45) is 0 Å². The van der Waals surface area contributed by atoms with Gasteiger partial charge < -0.3 is 9.84 Å². The molecule has 5 heteroatoms. The molecule has 94 valence electrons. The summed E-state index contributed by atoms with van der Waals surface area (Å²) >= 11 is 0. The van der Waals surface area contributed by atoms with E-state index in [9.17, 15) is 13.2 Å². The lowest BCUT2D eigenvalue weighted by atomic mass is 10.1. The molecule has 0 aliphatic rings. The Bertz CT molecular complexity index is 399. The molecule has 0 saturated carbocycles. The Morgan fingerprint density at radius 2 is 2.12 bits per heavy atom. The fourth-order valence-electron chi connectivity index (χ4n) is 1.25. The highest BCUT2D eigenvalue weighted by Gasteiger charge is 2.34. The highest BCUT2D eigenvalue weighted by molar-refractivity contribution is 5.39. The van der Waals surface area contributed by atoms with E-state index in [1.807, 2.05) is 0 Å². The first-order valence-corrected chi connectivity index (χ1v) is 4.98. The van der Waals surface area contributed by atoms with Crippen LogP contribution in [0.15, 0.2) is 30.9 Å². The Morgan fingerprint density at radius 1 is 1.47 bits per heavy atom. The molecule has 1 rings (SSSR count). The smallest absolute Gasteiger partial charge is 0.419 e. The van der Waals surface area contributed by atoms with Crippen LogP contribution in [0, 0.1) is 0 Å². The van der Waals surface area contributed by atoms with Gasteiger partial charge in [-0.25, -0.2) is 0 Å². The lowest BCUT2D eigenvalue weighted by Gasteiger charge is -2.17. The second-order valence-electron chi connectivity index (χ2n) is 3.55. The van der Waals surface area contributed by atoms with Crippen LogP contribution in [0.25, 0.3) is 0 Å². The molecule has 0 spiro atoms. The van der Waals surface area contributed by atoms with Gasteiger partial charge in [0.1, 0.15) is 11.9 Å². The van der Waals surface area contributed by atoms with Gasteiger partial charge in [-0.05, 0) is 24.6 Å². The van der Waals surface area contributed by atoms with Gasteiger partial charge in [0.05, 0.1) is 12.2 Å². The van der Waals surface area contributed by atoms with Gasteiger partial charge in [0.25, 0.3) is 0 Å². The lowest BCUT2D eigenvalue weighted by molar-refractivity contribution is -0.139. The number of halogens is 3. The minimum absolute atomic E-state index is 0.191. The zero-order valence-corrected chi connectivity index (χ0v) is 9.29. The Balaban J connectivity index is 3.15. The van der Waals surface area contributed by atoms with Gasteiger partial charge in [-0.1, -0.05) is 18.7 Å². The molecular weight excluding hydrogens is 233 g/mol. The van der Waals surface area contributed by atoms with Crippen molar-refractivity contribution in [1.29, 1.82) is 0 Å². The van der Waals surface area contributed by atoms with E-state index in [4.69, 9.17) is 9.84 Å². The molecule has 0 saturated heterocycles. The molecule has 0 radical (unpaired) electrons. The molecule has 2 nitrogen and oxygen atoms in total. The van der Waals surface area contributed by atoms with Crippen molar-refractivity contribution in [3.8, 4) is 5.75 Å². The molecule has 0 aromatic heterocycles. The summed E-state index contributed by atoms with van der Waals surface area (Å²) < 4.78 is 43.3. The largest absolute Gasteiger partial charge is 0.486 e. The van der Waals surface area contributed by atoms with Crippen molar-refractivity contribution in [3.05, 3.63) is 42.0 Å². The van der Waals surface area contributed by atoms with Crippen LogP contribution in [0.3, 0.4) is 0 Å². The summed E-state index contributed by atoms with van der Waals surface area (Å²) in [4.78, 5) is 0. The Labute approximate surface area is 97.3 Å². The summed E-state index contributed by atoms with van der Waals surface area (Å²) in [6.07, 6.45) is -3.63. The average Bonchev–Trinajstić information content (AvgIpc) is 2.28. The molecule has 0 heterocycles. The fourth-order valence-corrected chi connectivity index (χ4v) is 1.25. The van der Waals surface area contributed by atoms with Crippen molar-refractivity contribution in [2.45, 2.75) is 25.8 Å². The first-order valence-electron chi connectivity index (χ1n) is 4.98. The lowest BCUT2D eigenvalue weighted by Crippen LogP contribution is -2.14. The van der Waals surface area contributed by atoms with Crippen molar-refractivity contribution in [3.63, 3.8) is 0 Å². The molecule has 0 aliphatic carbocycles. The first-order chi connectivity index (χ1) is 7.88. The van der Waals surface area contributed by atoms with Gasteiger partial charge in [0, 0.05) is 0 Å². The van der Waals surface area contributed by atoms with Crippen LogP contribution in [0.1, 0.15) is 18.1 Å². The molecule has 1 unspecified atom stereocenters. The van der Waals surface area contributed by atoms with Gasteiger partial charge in [0.2, 0.25) is 0 Å². The molecule has 0 aliphatic heterocycles. The average molecular weight is 246 g/mol. The van der Waals surface area contributed by atoms with Crippen LogP contribution in [0.4, 0.5) is 13.2 Å². The third kappa shape index (κ3) is 3.49. The SMILES string of the molecule is C=CC(C)Oc1ccc(CO)cc1C(F)(F)F. The number of aliphatic hydroxyl groups excluding tert-OH is 1. The molecule has 1 atom stereocenters. The quantitative estimate of drug-likeness (QED) is 0.827. The standard InChI is InChI=1S/C12H13F3O2/c1-3-8(2)17-11-5-4-9(7-16)6-10(11)12(13,14)15/h3-6,8,16H,1,7H2,2H3. The van der Waals surface area contributed by atoms with Crippen molar-refractivity contribution >= 4 is 0 Å². The summed E-state index contributed by atoms with van der Waals surface area (Å²) in [5, 5.41) is 8.82. The minimum atomic E-state index is -4.51.